The molecule has 1 aromatic heterocycles. The normalized spacial score (nSPS) is 10.8. The summed E-state index contributed by atoms with van der Waals surface area (Å²) in [5, 5.41) is 3.81. The first kappa shape index (κ1) is 14.8. The number of aryl methyl sites for hydroxylation is 2. The molecule has 5 nitrogen and oxygen atoms in total. The molecule has 5 heteroatoms. The van der Waals surface area contributed by atoms with Gasteiger partial charge in [0.1, 0.15) is 18.1 Å². The maximum Gasteiger partial charge on any atom is 0.331 e. The Morgan fingerprint density at radius 1 is 1.29 bits per heavy atom. The predicted molar refractivity (Wildman–Crippen MR) is 77.8 cm³/mol. The second-order valence-electron chi connectivity index (χ2n) is 4.52. The third-order valence-electron chi connectivity index (χ3n) is 3.07. The summed E-state index contributed by atoms with van der Waals surface area (Å²) in [6.07, 6.45) is 3.08. The Balaban J connectivity index is 1.90. The van der Waals surface area contributed by atoms with Gasteiger partial charge in [0, 0.05) is 6.08 Å². The summed E-state index contributed by atoms with van der Waals surface area (Å²) in [7, 11) is 1.61. The van der Waals surface area contributed by atoms with Gasteiger partial charge in [0.05, 0.1) is 18.4 Å². The van der Waals surface area contributed by atoms with Crippen molar-refractivity contribution in [3.05, 3.63) is 52.9 Å². The van der Waals surface area contributed by atoms with Crippen LogP contribution in [-0.2, 0) is 16.1 Å². The predicted octanol–water partition coefficient (Wildman–Crippen LogP) is 3.06. The third kappa shape index (κ3) is 3.95. The molecule has 1 aromatic carbocycles. The van der Waals surface area contributed by atoms with Crippen LogP contribution < -0.4 is 4.74 Å². The summed E-state index contributed by atoms with van der Waals surface area (Å²) in [6.45, 7) is 3.76. The number of carbonyl (C=O) groups is 1. The zero-order valence-corrected chi connectivity index (χ0v) is 12.3. The summed E-state index contributed by atoms with van der Waals surface area (Å²) >= 11 is 0. The van der Waals surface area contributed by atoms with E-state index in [0.717, 1.165) is 22.6 Å². The summed E-state index contributed by atoms with van der Waals surface area (Å²) in [5.41, 5.74) is 2.44. The van der Waals surface area contributed by atoms with Gasteiger partial charge in [0.15, 0.2) is 0 Å². The van der Waals surface area contributed by atoms with Crippen molar-refractivity contribution in [2.75, 3.05) is 7.11 Å². The molecule has 110 valence electrons. The topological polar surface area (TPSA) is 61.6 Å². The second kappa shape index (κ2) is 6.74. The van der Waals surface area contributed by atoms with Crippen LogP contribution in [0.15, 0.2) is 34.9 Å². The molecule has 0 unspecified atom stereocenters. The van der Waals surface area contributed by atoms with Crippen LogP contribution in [0.4, 0.5) is 0 Å². The zero-order chi connectivity index (χ0) is 15.2. The molecule has 0 radical (unpaired) electrons. The van der Waals surface area contributed by atoms with Crippen molar-refractivity contribution in [2.45, 2.75) is 20.5 Å². The Labute approximate surface area is 123 Å². The van der Waals surface area contributed by atoms with Gasteiger partial charge in [-0.25, -0.2) is 4.79 Å². The number of carbonyl (C=O) groups excluding carboxylic acids is 1. The molecule has 0 fully saturated rings. The molecule has 0 bridgehead atoms. The number of hydrogen-bond donors (Lipinski definition) is 0. The first-order chi connectivity index (χ1) is 10.1. The van der Waals surface area contributed by atoms with Gasteiger partial charge in [-0.3, -0.25) is 0 Å². The Hall–Kier alpha value is -2.56. The largest absolute Gasteiger partial charge is 0.497 e. The molecule has 0 amide bonds. The molecular weight excluding hydrogens is 270 g/mol. The molecule has 21 heavy (non-hydrogen) atoms. The minimum atomic E-state index is -0.411. The molecule has 2 rings (SSSR count). The quantitative estimate of drug-likeness (QED) is 0.624. The summed E-state index contributed by atoms with van der Waals surface area (Å²) in [4.78, 5) is 11.7. The third-order valence-corrected chi connectivity index (χ3v) is 3.07. The van der Waals surface area contributed by atoms with Crippen LogP contribution >= 0.6 is 0 Å². The number of esters is 1. The van der Waals surface area contributed by atoms with Crippen molar-refractivity contribution in [3.63, 3.8) is 0 Å². The van der Waals surface area contributed by atoms with Crippen molar-refractivity contribution in [3.8, 4) is 5.75 Å². The first-order valence-corrected chi connectivity index (χ1v) is 6.51. The molecule has 0 saturated carbocycles. The van der Waals surface area contributed by atoms with E-state index in [0.29, 0.717) is 5.76 Å². The van der Waals surface area contributed by atoms with Crippen molar-refractivity contribution >= 4 is 12.0 Å². The van der Waals surface area contributed by atoms with Crippen LogP contribution in [0.25, 0.3) is 6.08 Å². The maximum atomic E-state index is 11.7. The van der Waals surface area contributed by atoms with Gasteiger partial charge in [0.2, 0.25) is 0 Å². The molecule has 0 N–H and O–H groups in total. The monoisotopic (exact) mass is 287 g/mol. The van der Waals surface area contributed by atoms with Gasteiger partial charge in [-0.05, 0) is 37.6 Å². The SMILES string of the molecule is COc1ccc(C=CC(=O)OCc2c(C)noc2C)cc1. The molecule has 0 aliphatic rings. The van der Waals surface area contributed by atoms with E-state index in [1.165, 1.54) is 6.08 Å². The van der Waals surface area contributed by atoms with E-state index in [2.05, 4.69) is 5.16 Å². The number of rotatable bonds is 5. The lowest BCUT2D eigenvalue weighted by Gasteiger charge is -2.01. The molecule has 0 saturated heterocycles. The lowest BCUT2D eigenvalue weighted by Crippen LogP contribution is -2.02. The highest BCUT2D eigenvalue weighted by molar-refractivity contribution is 5.87. The van der Waals surface area contributed by atoms with Gasteiger partial charge in [-0.1, -0.05) is 17.3 Å². The molecule has 0 spiro atoms. The molecule has 2 aromatic rings. The Bertz CT molecular complexity index is 621. The van der Waals surface area contributed by atoms with Crippen molar-refractivity contribution in [1.82, 2.24) is 5.16 Å². The highest BCUT2D eigenvalue weighted by atomic mass is 16.5. The van der Waals surface area contributed by atoms with E-state index in [1.807, 2.05) is 31.2 Å². The van der Waals surface area contributed by atoms with Gasteiger partial charge >= 0.3 is 5.97 Å². The fourth-order valence-corrected chi connectivity index (χ4v) is 1.78. The number of nitrogens with zero attached hydrogens (tertiary/aromatic N) is 1. The molecular formula is C16H17NO4. The lowest BCUT2D eigenvalue weighted by molar-refractivity contribution is -0.138. The number of aromatic nitrogens is 1. The average molecular weight is 287 g/mol. The second-order valence-corrected chi connectivity index (χ2v) is 4.52. The zero-order valence-electron chi connectivity index (χ0n) is 12.3. The lowest BCUT2D eigenvalue weighted by atomic mass is 10.2. The fraction of sp³-hybridized carbons (Fsp3) is 0.250. The van der Waals surface area contributed by atoms with Crippen LogP contribution in [0.2, 0.25) is 0 Å². The standard InChI is InChI=1S/C16H17NO4/c1-11-15(12(2)21-17-11)10-20-16(18)9-6-13-4-7-14(19-3)8-5-13/h4-9H,10H2,1-3H3. The van der Waals surface area contributed by atoms with E-state index in [1.54, 1.807) is 20.1 Å². The van der Waals surface area contributed by atoms with Crippen molar-refractivity contribution < 1.29 is 18.8 Å². The fourth-order valence-electron chi connectivity index (χ4n) is 1.78. The average Bonchev–Trinajstić information content (AvgIpc) is 2.82. The highest BCUT2D eigenvalue weighted by Gasteiger charge is 2.10. The Kier molecular flexibility index (Phi) is 4.77. The number of hydrogen-bond acceptors (Lipinski definition) is 5. The van der Waals surface area contributed by atoms with E-state index in [4.69, 9.17) is 14.0 Å². The molecule has 0 atom stereocenters. The van der Waals surface area contributed by atoms with Crippen LogP contribution in [0.3, 0.4) is 0 Å². The molecule has 0 aliphatic heterocycles. The van der Waals surface area contributed by atoms with Crippen molar-refractivity contribution in [2.24, 2.45) is 0 Å². The summed E-state index contributed by atoms with van der Waals surface area (Å²) in [6, 6.07) is 7.37. The minimum absolute atomic E-state index is 0.160. The molecule has 0 aliphatic carbocycles. The van der Waals surface area contributed by atoms with Crippen LogP contribution in [0, 0.1) is 13.8 Å². The number of benzene rings is 1. The van der Waals surface area contributed by atoms with Gasteiger partial charge in [-0.15, -0.1) is 0 Å². The Morgan fingerprint density at radius 3 is 2.57 bits per heavy atom. The number of methoxy groups -OCH3 is 1. The highest BCUT2D eigenvalue weighted by Crippen LogP contribution is 2.14. The van der Waals surface area contributed by atoms with E-state index < -0.39 is 5.97 Å². The van der Waals surface area contributed by atoms with E-state index in [9.17, 15) is 4.79 Å². The van der Waals surface area contributed by atoms with E-state index >= 15 is 0 Å². The smallest absolute Gasteiger partial charge is 0.331 e. The van der Waals surface area contributed by atoms with Crippen LogP contribution in [0.5, 0.6) is 5.75 Å². The van der Waals surface area contributed by atoms with Gasteiger partial charge < -0.3 is 14.0 Å². The van der Waals surface area contributed by atoms with Gasteiger partial charge in [-0.2, -0.15) is 0 Å². The van der Waals surface area contributed by atoms with Crippen LogP contribution in [-0.4, -0.2) is 18.2 Å². The van der Waals surface area contributed by atoms with Crippen molar-refractivity contribution in [1.29, 1.82) is 0 Å². The van der Waals surface area contributed by atoms with E-state index in [-0.39, 0.29) is 6.61 Å². The first-order valence-electron chi connectivity index (χ1n) is 6.51. The number of ether oxygens (including phenoxy) is 2. The molecule has 1 heterocycles. The minimum Gasteiger partial charge on any atom is -0.497 e. The Morgan fingerprint density at radius 2 is 2.00 bits per heavy atom. The maximum absolute atomic E-state index is 11.7. The summed E-state index contributed by atoms with van der Waals surface area (Å²) in [5.74, 6) is 1.03. The summed E-state index contributed by atoms with van der Waals surface area (Å²) < 4.78 is 15.2. The van der Waals surface area contributed by atoms with Crippen LogP contribution in [0.1, 0.15) is 22.6 Å². The van der Waals surface area contributed by atoms with Gasteiger partial charge in [0.25, 0.3) is 0 Å².